The number of carboxylic acid groups (broad SMARTS) is 1. The molecule has 0 aromatic carbocycles. The van der Waals surface area contributed by atoms with E-state index in [2.05, 4.69) is 4.98 Å². The van der Waals surface area contributed by atoms with Crippen molar-refractivity contribution in [2.75, 3.05) is 20.3 Å². The maximum atomic E-state index is 12.4. The molecule has 1 N–H and O–H groups in total. The lowest BCUT2D eigenvalue weighted by atomic mass is 10.2. The van der Waals surface area contributed by atoms with Gasteiger partial charge < -0.3 is 14.7 Å². The van der Waals surface area contributed by atoms with Crippen LogP contribution in [0.2, 0.25) is 0 Å². The Labute approximate surface area is 111 Å². The van der Waals surface area contributed by atoms with Crippen molar-refractivity contribution in [3.63, 3.8) is 0 Å². The molecular formula is C13H16N2O4. The molecule has 6 nitrogen and oxygen atoms in total. The van der Waals surface area contributed by atoms with Crippen molar-refractivity contribution in [1.29, 1.82) is 0 Å². The van der Waals surface area contributed by atoms with E-state index in [1.54, 1.807) is 12.0 Å². The fourth-order valence-corrected chi connectivity index (χ4v) is 2.32. The largest absolute Gasteiger partial charge is 0.477 e. The quantitative estimate of drug-likeness (QED) is 0.878. The van der Waals surface area contributed by atoms with Crippen molar-refractivity contribution < 1.29 is 19.4 Å². The molecule has 0 aliphatic carbocycles. The monoisotopic (exact) mass is 264 g/mol. The lowest BCUT2D eigenvalue weighted by Gasteiger charge is -2.24. The zero-order chi connectivity index (χ0) is 13.8. The molecule has 2 rings (SSSR count). The first-order valence-electron chi connectivity index (χ1n) is 6.12. The van der Waals surface area contributed by atoms with Gasteiger partial charge in [0.2, 0.25) is 0 Å². The van der Waals surface area contributed by atoms with Crippen LogP contribution in [-0.4, -0.2) is 53.2 Å². The number of ether oxygens (including phenoxy) is 1. The molecule has 0 saturated carbocycles. The molecule has 1 saturated heterocycles. The fraction of sp³-hybridized carbons (Fsp3) is 0.462. The number of hydrogen-bond donors (Lipinski definition) is 1. The Kier molecular flexibility index (Phi) is 4.11. The Morgan fingerprint density at radius 3 is 3.05 bits per heavy atom. The fourth-order valence-electron chi connectivity index (χ4n) is 2.32. The van der Waals surface area contributed by atoms with Crippen LogP contribution in [0.3, 0.4) is 0 Å². The maximum Gasteiger partial charge on any atom is 0.354 e. The molecule has 102 valence electrons. The summed E-state index contributed by atoms with van der Waals surface area (Å²) < 4.78 is 5.10. The second kappa shape index (κ2) is 5.79. The summed E-state index contributed by atoms with van der Waals surface area (Å²) in [6, 6.07) is 2.92. The Morgan fingerprint density at radius 1 is 1.58 bits per heavy atom. The summed E-state index contributed by atoms with van der Waals surface area (Å²) in [6.07, 6.45) is 3.20. The first-order valence-corrected chi connectivity index (χ1v) is 6.12. The van der Waals surface area contributed by atoms with Gasteiger partial charge in [0.05, 0.1) is 12.6 Å². The third-order valence-corrected chi connectivity index (χ3v) is 3.22. The Hall–Kier alpha value is -1.95. The predicted octanol–water partition coefficient (Wildman–Crippen LogP) is 1.03. The molecular weight excluding hydrogens is 248 g/mol. The van der Waals surface area contributed by atoms with E-state index >= 15 is 0 Å². The third-order valence-electron chi connectivity index (χ3n) is 3.22. The van der Waals surface area contributed by atoms with Gasteiger partial charge in [-0.1, -0.05) is 0 Å². The molecule has 0 bridgehead atoms. The van der Waals surface area contributed by atoms with E-state index in [1.807, 2.05) is 0 Å². The minimum Gasteiger partial charge on any atom is -0.477 e. The van der Waals surface area contributed by atoms with E-state index in [0.29, 0.717) is 18.7 Å². The Bertz CT molecular complexity index is 489. The van der Waals surface area contributed by atoms with Gasteiger partial charge in [0.25, 0.3) is 5.91 Å². The maximum absolute atomic E-state index is 12.4. The molecule has 0 spiro atoms. The van der Waals surface area contributed by atoms with Gasteiger partial charge in [-0.15, -0.1) is 0 Å². The van der Waals surface area contributed by atoms with Crippen molar-refractivity contribution in [1.82, 2.24) is 9.88 Å². The van der Waals surface area contributed by atoms with Crippen LogP contribution in [0.1, 0.15) is 33.7 Å². The van der Waals surface area contributed by atoms with Crippen molar-refractivity contribution in [3.05, 3.63) is 29.6 Å². The number of carboxylic acids is 1. The van der Waals surface area contributed by atoms with Gasteiger partial charge in [-0.2, -0.15) is 0 Å². The normalized spacial score (nSPS) is 18.6. The molecule has 1 atom stereocenters. The highest BCUT2D eigenvalue weighted by molar-refractivity contribution is 5.96. The topological polar surface area (TPSA) is 79.7 Å². The van der Waals surface area contributed by atoms with E-state index in [1.165, 1.54) is 18.3 Å². The van der Waals surface area contributed by atoms with Gasteiger partial charge >= 0.3 is 5.97 Å². The van der Waals surface area contributed by atoms with Crippen molar-refractivity contribution in [2.24, 2.45) is 0 Å². The number of methoxy groups -OCH3 is 1. The average molecular weight is 264 g/mol. The number of carbonyl (C=O) groups excluding carboxylic acids is 1. The number of likely N-dealkylation sites (tertiary alicyclic amines) is 1. The van der Waals surface area contributed by atoms with E-state index in [-0.39, 0.29) is 17.6 Å². The van der Waals surface area contributed by atoms with E-state index < -0.39 is 5.97 Å². The first kappa shape index (κ1) is 13.5. The lowest BCUT2D eigenvalue weighted by molar-refractivity contribution is 0.0630. The Balaban J connectivity index is 2.19. The van der Waals surface area contributed by atoms with Crippen LogP contribution in [0.4, 0.5) is 0 Å². The highest BCUT2D eigenvalue weighted by atomic mass is 16.5. The zero-order valence-corrected chi connectivity index (χ0v) is 10.7. The molecule has 1 aromatic heterocycles. The SMILES string of the molecule is COCC1CCCN1C(=O)c1ccnc(C(=O)O)c1. The highest BCUT2D eigenvalue weighted by Crippen LogP contribution is 2.20. The summed E-state index contributed by atoms with van der Waals surface area (Å²) in [6.45, 7) is 1.18. The van der Waals surface area contributed by atoms with Gasteiger partial charge in [-0.25, -0.2) is 9.78 Å². The summed E-state index contributed by atoms with van der Waals surface area (Å²) >= 11 is 0. The molecule has 19 heavy (non-hydrogen) atoms. The second-order valence-corrected chi connectivity index (χ2v) is 4.48. The van der Waals surface area contributed by atoms with Crippen molar-refractivity contribution >= 4 is 11.9 Å². The van der Waals surface area contributed by atoms with Gasteiger partial charge in [-0.05, 0) is 25.0 Å². The number of amides is 1. The standard InChI is InChI=1S/C13H16N2O4/c1-19-8-10-3-2-6-15(10)12(16)9-4-5-14-11(7-9)13(17)18/h4-5,7,10H,2-3,6,8H2,1H3,(H,17,18). The van der Waals surface area contributed by atoms with Gasteiger partial charge in [0.15, 0.2) is 0 Å². The number of pyridine rings is 1. The van der Waals surface area contributed by atoms with E-state index in [4.69, 9.17) is 9.84 Å². The molecule has 1 amide bonds. The van der Waals surface area contributed by atoms with Crippen LogP contribution < -0.4 is 0 Å². The lowest BCUT2D eigenvalue weighted by Crippen LogP contribution is -2.38. The van der Waals surface area contributed by atoms with Crippen LogP contribution in [0.15, 0.2) is 18.3 Å². The van der Waals surface area contributed by atoms with Crippen LogP contribution in [-0.2, 0) is 4.74 Å². The summed E-state index contributed by atoms with van der Waals surface area (Å²) in [4.78, 5) is 28.7. The second-order valence-electron chi connectivity index (χ2n) is 4.48. The number of aromatic nitrogens is 1. The van der Waals surface area contributed by atoms with Gasteiger partial charge in [-0.3, -0.25) is 4.79 Å². The van der Waals surface area contributed by atoms with Crippen LogP contribution in [0.25, 0.3) is 0 Å². The third kappa shape index (κ3) is 2.90. The zero-order valence-electron chi connectivity index (χ0n) is 10.7. The molecule has 1 aliphatic heterocycles. The highest BCUT2D eigenvalue weighted by Gasteiger charge is 2.29. The van der Waals surface area contributed by atoms with E-state index in [9.17, 15) is 9.59 Å². The first-order chi connectivity index (χ1) is 9.13. The molecule has 2 heterocycles. The summed E-state index contributed by atoms with van der Waals surface area (Å²) in [5.74, 6) is -1.30. The van der Waals surface area contributed by atoms with Crippen molar-refractivity contribution in [2.45, 2.75) is 18.9 Å². The molecule has 1 aliphatic rings. The summed E-state index contributed by atoms with van der Waals surface area (Å²) in [7, 11) is 1.61. The average Bonchev–Trinajstić information content (AvgIpc) is 2.86. The number of rotatable bonds is 4. The molecule has 1 unspecified atom stereocenters. The summed E-state index contributed by atoms with van der Waals surface area (Å²) in [5.41, 5.74) is 0.240. The van der Waals surface area contributed by atoms with E-state index in [0.717, 1.165) is 12.8 Å². The number of aromatic carboxylic acids is 1. The number of hydrogen-bond acceptors (Lipinski definition) is 4. The van der Waals surface area contributed by atoms with Crippen LogP contribution in [0, 0.1) is 0 Å². The number of carbonyl (C=O) groups is 2. The predicted molar refractivity (Wildman–Crippen MR) is 67.1 cm³/mol. The van der Waals surface area contributed by atoms with Gasteiger partial charge in [0.1, 0.15) is 5.69 Å². The van der Waals surface area contributed by atoms with Gasteiger partial charge in [0, 0.05) is 25.4 Å². The molecule has 1 aromatic rings. The minimum atomic E-state index is -1.13. The Morgan fingerprint density at radius 2 is 2.37 bits per heavy atom. The number of nitrogens with zero attached hydrogens (tertiary/aromatic N) is 2. The van der Waals surface area contributed by atoms with Crippen LogP contribution >= 0.6 is 0 Å². The van der Waals surface area contributed by atoms with Crippen molar-refractivity contribution in [3.8, 4) is 0 Å². The minimum absolute atomic E-state index is 0.0685. The smallest absolute Gasteiger partial charge is 0.354 e. The molecule has 0 radical (unpaired) electrons. The van der Waals surface area contributed by atoms with Crippen LogP contribution in [0.5, 0.6) is 0 Å². The molecule has 1 fully saturated rings. The molecule has 6 heteroatoms. The summed E-state index contributed by atoms with van der Waals surface area (Å²) in [5, 5.41) is 8.89.